The van der Waals surface area contributed by atoms with E-state index in [-0.39, 0.29) is 23.3 Å². The van der Waals surface area contributed by atoms with Gasteiger partial charge in [-0.1, -0.05) is 60.7 Å². The molecule has 47 heavy (non-hydrogen) atoms. The zero-order valence-corrected chi connectivity index (χ0v) is 27.4. The van der Waals surface area contributed by atoms with Crippen LogP contribution in [0.15, 0.2) is 108 Å². The number of hydrogen-bond donors (Lipinski definition) is 2. The van der Waals surface area contributed by atoms with E-state index < -0.39 is 16.1 Å². The molecular formula is C38H40N4O4S. The van der Waals surface area contributed by atoms with Gasteiger partial charge < -0.3 is 19.9 Å². The predicted octanol–water partition coefficient (Wildman–Crippen LogP) is 5.75. The van der Waals surface area contributed by atoms with Crippen molar-refractivity contribution in [2.24, 2.45) is 0 Å². The maximum atomic E-state index is 14.1. The molecule has 0 fully saturated rings. The number of nitrogens with one attached hydrogen (secondary N) is 2. The fraction of sp³-hybridized carbons (Fsp3) is 0.289. The lowest BCUT2D eigenvalue weighted by molar-refractivity contribution is -0.123. The molecule has 242 valence electrons. The lowest BCUT2D eigenvalue weighted by atomic mass is 9.87. The van der Waals surface area contributed by atoms with Gasteiger partial charge in [0.1, 0.15) is 5.75 Å². The van der Waals surface area contributed by atoms with Crippen LogP contribution < -0.4 is 15.4 Å². The summed E-state index contributed by atoms with van der Waals surface area (Å²) < 4.78 is 37.1. The van der Waals surface area contributed by atoms with Crippen LogP contribution in [0, 0.1) is 0 Å². The maximum Gasteiger partial charge on any atom is 0.243 e. The minimum absolute atomic E-state index is 0.00923. The van der Waals surface area contributed by atoms with Crippen molar-refractivity contribution < 1.29 is 17.9 Å². The molecule has 1 aromatic heterocycles. The molecule has 0 spiro atoms. The van der Waals surface area contributed by atoms with Gasteiger partial charge in [-0.25, -0.2) is 8.42 Å². The van der Waals surface area contributed by atoms with E-state index in [1.54, 1.807) is 19.2 Å². The van der Waals surface area contributed by atoms with Crippen molar-refractivity contribution in [3.05, 3.63) is 131 Å². The third kappa shape index (κ3) is 6.70. The normalized spacial score (nSPS) is 18.0. The Labute approximate surface area is 276 Å². The Kier molecular flexibility index (Phi) is 8.86. The second-order valence-corrected chi connectivity index (χ2v) is 14.4. The van der Waals surface area contributed by atoms with Crippen molar-refractivity contribution >= 4 is 26.7 Å². The molecule has 7 rings (SSSR count). The number of sulfonamides is 1. The number of rotatable bonds is 10. The zero-order chi connectivity index (χ0) is 32.4. The van der Waals surface area contributed by atoms with E-state index >= 15 is 0 Å². The average Bonchev–Trinajstić information content (AvgIpc) is 3.58. The van der Waals surface area contributed by atoms with Crippen molar-refractivity contribution in [2.75, 3.05) is 13.7 Å². The summed E-state index contributed by atoms with van der Waals surface area (Å²) in [6.45, 7) is 2.46. The Bertz CT molecular complexity index is 2010. The summed E-state index contributed by atoms with van der Waals surface area (Å²) in [6, 6.07) is 31.0. The Morgan fingerprint density at radius 1 is 0.851 bits per heavy atom. The van der Waals surface area contributed by atoms with Gasteiger partial charge in [0.05, 0.1) is 18.0 Å². The van der Waals surface area contributed by atoms with Gasteiger partial charge in [0, 0.05) is 50.5 Å². The quantitative estimate of drug-likeness (QED) is 0.201. The Hall–Kier alpha value is -4.44. The second kappa shape index (κ2) is 13.4. The van der Waals surface area contributed by atoms with E-state index in [4.69, 9.17) is 4.74 Å². The molecule has 2 heterocycles. The van der Waals surface area contributed by atoms with Crippen LogP contribution in [-0.2, 0) is 47.3 Å². The maximum absolute atomic E-state index is 14.1. The molecule has 4 aromatic carbocycles. The number of amides is 1. The summed E-state index contributed by atoms with van der Waals surface area (Å²) in [5, 5.41) is 8.49. The summed E-state index contributed by atoms with van der Waals surface area (Å²) in [7, 11) is -2.27. The first-order valence-electron chi connectivity index (χ1n) is 16.3. The lowest BCUT2D eigenvalue weighted by Crippen LogP contribution is -2.45. The van der Waals surface area contributed by atoms with Gasteiger partial charge >= 0.3 is 0 Å². The third-order valence-electron chi connectivity index (χ3n) is 9.48. The summed E-state index contributed by atoms with van der Waals surface area (Å²) in [5.41, 5.74) is 5.96. The van der Waals surface area contributed by atoms with E-state index in [2.05, 4.69) is 57.7 Å². The van der Waals surface area contributed by atoms with Gasteiger partial charge in [0.2, 0.25) is 15.9 Å². The fourth-order valence-corrected chi connectivity index (χ4v) is 8.64. The molecule has 2 aliphatic rings. The van der Waals surface area contributed by atoms with Crippen LogP contribution in [0.2, 0.25) is 0 Å². The molecule has 1 aliphatic carbocycles. The summed E-state index contributed by atoms with van der Waals surface area (Å²) >= 11 is 0. The highest BCUT2D eigenvalue weighted by atomic mass is 32.2. The van der Waals surface area contributed by atoms with Crippen LogP contribution in [0.25, 0.3) is 10.8 Å². The minimum Gasteiger partial charge on any atom is -0.497 e. The number of aromatic nitrogens is 1. The highest BCUT2D eigenvalue weighted by Gasteiger charge is 2.38. The molecule has 2 N–H and O–H groups in total. The molecular weight excluding hydrogens is 609 g/mol. The largest absolute Gasteiger partial charge is 0.497 e. The number of nitrogens with zero attached hydrogens (tertiary/aromatic N) is 2. The van der Waals surface area contributed by atoms with E-state index in [9.17, 15) is 13.2 Å². The molecule has 0 radical (unpaired) electrons. The monoisotopic (exact) mass is 648 g/mol. The number of fused-ring (bicyclic) bond motifs is 3. The molecule has 2 atom stereocenters. The van der Waals surface area contributed by atoms with Crippen LogP contribution in [0.4, 0.5) is 0 Å². The fourth-order valence-electron chi connectivity index (χ4n) is 7.01. The standard InChI is InChI=1S/C38H40N4O4S/c1-46-34-15-12-32-23-35(16-13-31(32)22-34)47(44,45)42-19-18-41-17-5-8-36(41)37(42)24-38(43)40-33-14-11-29-20-28(9-10-30(29)21-33)26-39-25-27-6-3-2-4-7-27/h2-10,12-13,15-17,20,22-23,33,37,39H,11,14,18-19,21,24-26H2,1H3,(H,40,43). The number of ether oxygens (including phenoxy) is 1. The van der Waals surface area contributed by atoms with Gasteiger partial charge in [-0.05, 0) is 88.7 Å². The number of aryl methyl sites for hydroxylation is 1. The number of carbonyl (C=O) groups is 1. The molecule has 5 aromatic rings. The molecule has 1 aliphatic heterocycles. The van der Waals surface area contributed by atoms with Crippen molar-refractivity contribution in [1.29, 1.82) is 0 Å². The van der Waals surface area contributed by atoms with E-state index in [0.717, 1.165) is 48.8 Å². The Balaban J connectivity index is 1.02. The highest BCUT2D eigenvalue weighted by Crippen LogP contribution is 2.35. The van der Waals surface area contributed by atoms with Crippen LogP contribution in [0.1, 0.15) is 46.8 Å². The topological polar surface area (TPSA) is 92.7 Å². The summed E-state index contributed by atoms with van der Waals surface area (Å²) in [4.78, 5) is 13.8. The van der Waals surface area contributed by atoms with Crippen molar-refractivity contribution in [3.8, 4) is 5.75 Å². The predicted molar refractivity (Wildman–Crippen MR) is 184 cm³/mol. The van der Waals surface area contributed by atoms with E-state index in [0.29, 0.717) is 18.8 Å². The van der Waals surface area contributed by atoms with Gasteiger partial charge in [-0.15, -0.1) is 0 Å². The smallest absolute Gasteiger partial charge is 0.243 e. The van der Waals surface area contributed by atoms with E-state index in [1.807, 2.05) is 48.7 Å². The highest BCUT2D eigenvalue weighted by molar-refractivity contribution is 7.89. The molecule has 0 bridgehead atoms. The van der Waals surface area contributed by atoms with Gasteiger partial charge in [0.15, 0.2) is 0 Å². The van der Waals surface area contributed by atoms with Crippen molar-refractivity contribution in [2.45, 2.75) is 62.3 Å². The van der Waals surface area contributed by atoms with Crippen molar-refractivity contribution in [3.63, 3.8) is 0 Å². The van der Waals surface area contributed by atoms with Gasteiger partial charge in [-0.3, -0.25) is 4.79 Å². The average molecular weight is 649 g/mol. The Morgan fingerprint density at radius 2 is 1.66 bits per heavy atom. The molecule has 0 saturated heterocycles. The van der Waals surface area contributed by atoms with Crippen LogP contribution in [0.3, 0.4) is 0 Å². The Morgan fingerprint density at radius 3 is 2.51 bits per heavy atom. The van der Waals surface area contributed by atoms with Crippen LogP contribution in [-0.4, -0.2) is 42.9 Å². The SMILES string of the molecule is COc1ccc2cc(S(=O)(=O)N3CCn4cccc4C3CC(=O)NC3CCc4cc(CNCc5ccccc5)ccc4C3)ccc2c1. The summed E-state index contributed by atoms with van der Waals surface area (Å²) in [5.74, 6) is 0.583. The van der Waals surface area contributed by atoms with Crippen LogP contribution >= 0.6 is 0 Å². The zero-order valence-electron chi connectivity index (χ0n) is 26.6. The number of hydrogen-bond acceptors (Lipinski definition) is 5. The lowest BCUT2D eigenvalue weighted by Gasteiger charge is -2.36. The summed E-state index contributed by atoms with van der Waals surface area (Å²) in [6.07, 6.45) is 4.53. The third-order valence-corrected chi connectivity index (χ3v) is 11.4. The number of benzene rings is 4. The number of methoxy groups -OCH3 is 1. The van der Waals surface area contributed by atoms with Crippen molar-refractivity contribution in [1.82, 2.24) is 19.5 Å². The molecule has 0 saturated carbocycles. The van der Waals surface area contributed by atoms with E-state index in [1.165, 1.54) is 26.6 Å². The first-order valence-corrected chi connectivity index (χ1v) is 17.7. The first kappa shape index (κ1) is 31.2. The first-order chi connectivity index (χ1) is 22.9. The second-order valence-electron chi connectivity index (χ2n) is 12.5. The molecule has 8 nitrogen and oxygen atoms in total. The van der Waals surface area contributed by atoms with Gasteiger partial charge in [0.25, 0.3) is 0 Å². The number of carbonyl (C=O) groups excluding carboxylic acids is 1. The van der Waals surface area contributed by atoms with Crippen LogP contribution in [0.5, 0.6) is 5.75 Å². The molecule has 1 amide bonds. The molecule has 9 heteroatoms. The van der Waals surface area contributed by atoms with Gasteiger partial charge in [-0.2, -0.15) is 4.31 Å². The molecule has 2 unspecified atom stereocenters. The minimum atomic E-state index is -3.88.